The number of nitrogens with one attached hydrogen (secondary N) is 1. The molecule has 0 saturated carbocycles. The van der Waals surface area contributed by atoms with E-state index in [9.17, 15) is 0 Å². The van der Waals surface area contributed by atoms with Gasteiger partial charge in [0.25, 0.3) is 0 Å². The molecule has 0 aliphatic rings. The summed E-state index contributed by atoms with van der Waals surface area (Å²) in [6, 6.07) is 9.98. The van der Waals surface area contributed by atoms with E-state index in [1.54, 1.807) is 0 Å². The molecular weight excluding hydrogens is 274 g/mol. The van der Waals surface area contributed by atoms with Crippen LogP contribution in [0.4, 0.5) is 0 Å². The summed E-state index contributed by atoms with van der Waals surface area (Å²) >= 11 is 1.91. The van der Waals surface area contributed by atoms with Crippen LogP contribution in [0.25, 0.3) is 0 Å². The summed E-state index contributed by atoms with van der Waals surface area (Å²) in [5, 5.41) is 3.75. The summed E-state index contributed by atoms with van der Waals surface area (Å²) in [6.45, 7) is 13.3. The van der Waals surface area contributed by atoms with E-state index in [1.807, 2.05) is 11.3 Å². The van der Waals surface area contributed by atoms with Gasteiger partial charge in [0, 0.05) is 21.8 Å². The number of hydrogen-bond acceptors (Lipinski definition) is 2. The molecule has 0 radical (unpaired) electrons. The van der Waals surface area contributed by atoms with E-state index < -0.39 is 0 Å². The molecule has 0 amide bonds. The van der Waals surface area contributed by atoms with Crippen LogP contribution in [0.3, 0.4) is 0 Å². The zero-order valence-corrected chi connectivity index (χ0v) is 14.9. The van der Waals surface area contributed by atoms with Crippen molar-refractivity contribution in [2.24, 2.45) is 0 Å². The predicted octanol–water partition coefficient (Wildman–Crippen LogP) is 5.26. The maximum Gasteiger partial charge on any atom is 0.0297 e. The Labute approximate surface area is 133 Å². The van der Waals surface area contributed by atoms with Crippen LogP contribution >= 0.6 is 11.3 Å². The first kappa shape index (κ1) is 16.3. The molecule has 2 unspecified atom stereocenters. The van der Waals surface area contributed by atoms with E-state index in [4.69, 9.17) is 0 Å². The summed E-state index contributed by atoms with van der Waals surface area (Å²) < 4.78 is 0. The Morgan fingerprint density at radius 2 is 1.62 bits per heavy atom. The number of benzene rings is 1. The Bertz CT molecular complexity index is 612. The van der Waals surface area contributed by atoms with E-state index in [1.165, 1.54) is 32.0 Å². The average Bonchev–Trinajstić information content (AvgIpc) is 2.78. The van der Waals surface area contributed by atoms with Crippen molar-refractivity contribution in [3.05, 3.63) is 56.3 Å². The lowest BCUT2D eigenvalue weighted by Gasteiger charge is -2.22. The Morgan fingerprint density at radius 3 is 2.24 bits per heavy atom. The van der Waals surface area contributed by atoms with Gasteiger partial charge in [-0.15, -0.1) is 11.3 Å². The summed E-state index contributed by atoms with van der Waals surface area (Å²) in [6.07, 6.45) is 1.10. The third-order valence-electron chi connectivity index (χ3n) is 4.19. The lowest BCUT2D eigenvalue weighted by atomic mass is 9.96. The van der Waals surface area contributed by atoms with Crippen LogP contribution < -0.4 is 5.32 Å². The van der Waals surface area contributed by atoms with E-state index in [0.29, 0.717) is 12.1 Å². The van der Waals surface area contributed by atoms with Crippen LogP contribution in [0.5, 0.6) is 0 Å². The van der Waals surface area contributed by atoms with Crippen molar-refractivity contribution < 1.29 is 0 Å². The van der Waals surface area contributed by atoms with Crippen LogP contribution in [0, 0.1) is 27.7 Å². The fraction of sp³-hybridized carbons (Fsp3) is 0.474. The molecular formula is C19H27NS. The molecule has 21 heavy (non-hydrogen) atoms. The molecule has 0 aliphatic carbocycles. The van der Waals surface area contributed by atoms with Crippen molar-refractivity contribution >= 4 is 11.3 Å². The zero-order chi connectivity index (χ0) is 15.6. The third-order valence-corrected chi connectivity index (χ3v) is 5.21. The first-order chi connectivity index (χ1) is 9.86. The van der Waals surface area contributed by atoms with Gasteiger partial charge < -0.3 is 5.32 Å². The summed E-state index contributed by atoms with van der Waals surface area (Å²) in [4.78, 5) is 2.87. The van der Waals surface area contributed by atoms with Gasteiger partial charge >= 0.3 is 0 Å². The van der Waals surface area contributed by atoms with Crippen molar-refractivity contribution in [3.8, 4) is 0 Å². The molecule has 0 spiro atoms. The van der Waals surface area contributed by atoms with Gasteiger partial charge in [0.2, 0.25) is 0 Å². The van der Waals surface area contributed by atoms with Gasteiger partial charge in [0.05, 0.1) is 0 Å². The van der Waals surface area contributed by atoms with Crippen LogP contribution in [-0.4, -0.2) is 6.04 Å². The monoisotopic (exact) mass is 301 g/mol. The summed E-state index contributed by atoms with van der Waals surface area (Å²) in [7, 11) is 0. The third kappa shape index (κ3) is 4.18. The highest BCUT2D eigenvalue weighted by molar-refractivity contribution is 7.11. The fourth-order valence-electron chi connectivity index (χ4n) is 2.92. The maximum absolute atomic E-state index is 3.75. The second-order valence-corrected chi connectivity index (χ2v) is 7.67. The van der Waals surface area contributed by atoms with Crippen LogP contribution in [0.2, 0.25) is 0 Å². The number of thiophene rings is 1. The van der Waals surface area contributed by atoms with Gasteiger partial charge in [-0.25, -0.2) is 0 Å². The quantitative estimate of drug-likeness (QED) is 0.794. The highest BCUT2D eigenvalue weighted by Gasteiger charge is 2.13. The molecule has 0 bridgehead atoms. The molecule has 2 aromatic rings. The average molecular weight is 301 g/mol. The van der Waals surface area contributed by atoms with Gasteiger partial charge in [-0.1, -0.05) is 12.1 Å². The molecule has 0 aliphatic heterocycles. The highest BCUT2D eigenvalue weighted by atomic mass is 32.1. The second kappa shape index (κ2) is 6.76. The van der Waals surface area contributed by atoms with Crippen molar-refractivity contribution in [3.63, 3.8) is 0 Å². The predicted molar refractivity (Wildman–Crippen MR) is 94.4 cm³/mol. The lowest BCUT2D eigenvalue weighted by Crippen LogP contribution is -2.31. The largest absolute Gasteiger partial charge is 0.307 e. The second-order valence-electron chi connectivity index (χ2n) is 6.30. The van der Waals surface area contributed by atoms with Gasteiger partial charge in [-0.05, 0) is 82.3 Å². The number of hydrogen-bond donors (Lipinski definition) is 1. The van der Waals surface area contributed by atoms with Gasteiger partial charge in [0.15, 0.2) is 0 Å². The van der Waals surface area contributed by atoms with Crippen molar-refractivity contribution in [2.75, 3.05) is 0 Å². The summed E-state index contributed by atoms with van der Waals surface area (Å²) in [5.74, 6) is 0. The van der Waals surface area contributed by atoms with Crippen molar-refractivity contribution in [2.45, 2.75) is 60.0 Å². The summed E-state index contributed by atoms with van der Waals surface area (Å²) in [5.41, 5.74) is 5.57. The van der Waals surface area contributed by atoms with E-state index in [0.717, 1.165) is 6.42 Å². The first-order valence-electron chi connectivity index (χ1n) is 7.76. The molecule has 0 fully saturated rings. The molecule has 2 rings (SSSR count). The van der Waals surface area contributed by atoms with E-state index in [2.05, 4.69) is 71.1 Å². The van der Waals surface area contributed by atoms with Crippen molar-refractivity contribution in [1.82, 2.24) is 5.32 Å². The Kier molecular flexibility index (Phi) is 5.23. The maximum atomic E-state index is 3.75. The van der Waals surface area contributed by atoms with Crippen LogP contribution in [0.15, 0.2) is 24.3 Å². The molecule has 1 aromatic carbocycles. The molecule has 1 heterocycles. The van der Waals surface area contributed by atoms with Gasteiger partial charge in [-0.2, -0.15) is 0 Å². The minimum atomic E-state index is 0.389. The molecule has 1 N–H and O–H groups in total. The Morgan fingerprint density at radius 1 is 0.952 bits per heavy atom. The molecule has 2 atom stereocenters. The van der Waals surface area contributed by atoms with Crippen LogP contribution in [-0.2, 0) is 6.42 Å². The van der Waals surface area contributed by atoms with Crippen molar-refractivity contribution in [1.29, 1.82) is 0 Å². The Hall–Kier alpha value is -1.12. The Balaban J connectivity index is 2.03. The fourth-order valence-corrected chi connectivity index (χ4v) is 3.94. The highest BCUT2D eigenvalue weighted by Crippen LogP contribution is 2.23. The topological polar surface area (TPSA) is 12.0 Å². The number of aryl methyl sites for hydroxylation is 4. The smallest absolute Gasteiger partial charge is 0.0297 e. The minimum Gasteiger partial charge on any atom is -0.307 e. The minimum absolute atomic E-state index is 0.389. The standard InChI is InChI=1S/C19H27NS/c1-12-9-14(3)19(10-13(12)2)17(6)20-15(4)11-18-8-7-16(5)21-18/h7-10,15,17,20H,11H2,1-6H3. The zero-order valence-electron chi connectivity index (χ0n) is 14.1. The van der Waals surface area contributed by atoms with Gasteiger partial charge in [-0.3, -0.25) is 0 Å². The molecule has 0 saturated heterocycles. The molecule has 2 heteroatoms. The van der Waals surface area contributed by atoms with E-state index >= 15 is 0 Å². The van der Waals surface area contributed by atoms with Crippen LogP contribution in [0.1, 0.15) is 51.9 Å². The molecule has 1 nitrogen and oxygen atoms in total. The number of rotatable bonds is 5. The lowest BCUT2D eigenvalue weighted by molar-refractivity contribution is 0.477. The van der Waals surface area contributed by atoms with E-state index in [-0.39, 0.29) is 0 Å². The normalized spacial score (nSPS) is 14.2. The first-order valence-corrected chi connectivity index (χ1v) is 8.57. The SMILES string of the molecule is Cc1ccc(CC(C)NC(C)c2cc(C)c(C)cc2C)s1. The molecule has 114 valence electrons. The molecule has 1 aromatic heterocycles. The van der Waals surface area contributed by atoms with Gasteiger partial charge in [0.1, 0.15) is 0 Å².